The first-order chi connectivity index (χ1) is 15.1. The molecule has 4 rings (SSSR count). The van der Waals surface area contributed by atoms with Gasteiger partial charge in [0.2, 0.25) is 16.9 Å². The van der Waals surface area contributed by atoms with Gasteiger partial charge >= 0.3 is 0 Å². The van der Waals surface area contributed by atoms with Gasteiger partial charge in [0.05, 0.1) is 6.61 Å². The summed E-state index contributed by atoms with van der Waals surface area (Å²) in [5.74, 6) is 0.731. The summed E-state index contributed by atoms with van der Waals surface area (Å²) in [4.78, 5) is 26.4. The number of aryl methyl sites for hydroxylation is 1. The SMILES string of the molecule is Cc1ccc(N2C[C@H](c3nnc(NC(=O)CCCOc4ccccc4)s3)CC2=O)cc1. The number of nitrogens with zero attached hydrogens (tertiary/aromatic N) is 3. The van der Waals surface area contributed by atoms with Crippen molar-refractivity contribution in [3.05, 3.63) is 65.2 Å². The predicted molar refractivity (Wildman–Crippen MR) is 121 cm³/mol. The lowest BCUT2D eigenvalue weighted by Crippen LogP contribution is -2.24. The van der Waals surface area contributed by atoms with Gasteiger partial charge in [0.15, 0.2) is 0 Å². The van der Waals surface area contributed by atoms with Crippen LogP contribution in [0.5, 0.6) is 5.75 Å². The first-order valence-electron chi connectivity index (χ1n) is 10.3. The maximum Gasteiger partial charge on any atom is 0.227 e. The molecule has 0 radical (unpaired) electrons. The zero-order chi connectivity index (χ0) is 21.6. The number of ether oxygens (including phenoxy) is 1. The number of hydrogen-bond acceptors (Lipinski definition) is 6. The molecule has 0 aliphatic carbocycles. The summed E-state index contributed by atoms with van der Waals surface area (Å²) in [6.45, 7) is 3.06. The van der Waals surface area contributed by atoms with Gasteiger partial charge in [-0.25, -0.2) is 0 Å². The third-order valence-corrected chi connectivity index (χ3v) is 6.07. The largest absolute Gasteiger partial charge is 0.494 e. The standard InChI is InChI=1S/C23H24N4O3S/c1-16-9-11-18(12-10-16)27-15-17(14-21(27)29)22-25-26-23(31-22)24-20(28)8-5-13-30-19-6-3-2-4-7-19/h2-4,6-7,9-12,17H,5,8,13-15H2,1H3,(H,24,26,28)/t17-/m1/s1. The molecule has 1 N–H and O–H groups in total. The molecule has 1 fully saturated rings. The van der Waals surface area contributed by atoms with E-state index in [1.54, 1.807) is 4.90 Å². The first-order valence-corrected chi connectivity index (χ1v) is 11.1. The van der Waals surface area contributed by atoms with Crippen LogP contribution in [0, 0.1) is 6.92 Å². The summed E-state index contributed by atoms with van der Waals surface area (Å²) in [6.07, 6.45) is 1.34. The minimum atomic E-state index is -0.122. The Morgan fingerprint density at radius 3 is 2.71 bits per heavy atom. The molecular formula is C23H24N4O3S. The van der Waals surface area contributed by atoms with Crippen molar-refractivity contribution in [1.29, 1.82) is 0 Å². The molecule has 160 valence electrons. The molecule has 1 aliphatic rings. The molecule has 31 heavy (non-hydrogen) atoms. The molecule has 2 heterocycles. The number of aromatic nitrogens is 2. The van der Waals surface area contributed by atoms with E-state index in [9.17, 15) is 9.59 Å². The number of hydrogen-bond donors (Lipinski definition) is 1. The van der Waals surface area contributed by atoms with Gasteiger partial charge in [-0.15, -0.1) is 10.2 Å². The molecule has 3 aromatic rings. The Morgan fingerprint density at radius 2 is 1.94 bits per heavy atom. The lowest BCUT2D eigenvalue weighted by atomic mass is 10.1. The van der Waals surface area contributed by atoms with Crippen LogP contribution in [0.2, 0.25) is 0 Å². The van der Waals surface area contributed by atoms with Crippen LogP contribution in [0.3, 0.4) is 0 Å². The van der Waals surface area contributed by atoms with E-state index in [0.29, 0.717) is 37.5 Å². The first kappa shape index (κ1) is 21.0. The molecule has 7 nitrogen and oxygen atoms in total. The number of amides is 2. The third-order valence-electron chi connectivity index (χ3n) is 5.07. The van der Waals surface area contributed by atoms with Crippen molar-refractivity contribution in [2.75, 3.05) is 23.4 Å². The highest BCUT2D eigenvalue weighted by molar-refractivity contribution is 7.15. The molecule has 1 aromatic heterocycles. The van der Waals surface area contributed by atoms with Gasteiger partial charge in [-0.05, 0) is 37.6 Å². The molecule has 0 spiro atoms. The van der Waals surface area contributed by atoms with E-state index in [4.69, 9.17) is 4.74 Å². The third kappa shape index (κ3) is 5.46. The van der Waals surface area contributed by atoms with E-state index in [-0.39, 0.29) is 17.7 Å². The van der Waals surface area contributed by atoms with E-state index in [2.05, 4.69) is 15.5 Å². The number of para-hydroxylation sites is 1. The van der Waals surface area contributed by atoms with Crippen LogP contribution in [0.25, 0.3) is 0 Å². The zero-order valence-corrected chi connectivity index (χ0v) is 18.1. The fourth-order valence-electron chi connectivity index (χ4n) is 3.42. The fourth-order valence-corrected chi connectivity index (χ4v) is 4.27. The van der Waals surface area contributed by atoms with Crippen molar-refractivity contribution in [2.45, 2.75) is 32.1 Å². The van der Waals surface area contributed by atoms with E-state index in [1.165, 1.54) is 11.3 Å². The van der Waals surface area contributed by atoms with E-state index < -0.39 is 0 Å². The highest BCUT2D eigenvalue weighted by Gasteiger charge is 2.33. The highest BCUT2D eigenvalue weighted by Crippen LogP contribution is 2.34. The van der Waals surface area contributed by atoms with Crippen molar-refractivity contribution >= 4 is 34.0 Å². The van der Waals surface area contributed by atoms with Crippen molar-refractivity contribution in [2.24, 2.45) is 0 Å². The van der Waals surface area contributed by atoms with Gasteiger partial charge in [0.1, 0.15) is 10.8 Å². The van der Waals surface area contributed by atoms with Crippen molar-refractivity contribution in [3.63, 3.8) is 0 Å². The fraction of sp³-hybridized carbons (Fsp3) is 0.304. The van der Waals surface area contributed by atoms with Crippen LogP contribution in [-0.4, -0.2) is 35.2 Å². The van der Waals surface area contributed by atoms with Crippen molar-refractivity contribution in [1.82, 2.24) is 10.2 Å². The van der Waals surface area contributed by atoms with Crippen LogP contribution in [0.1, 0.15) is 35.8 Å². The lowest BCUT2D eigenvalue weighted by Gasteiger charge is -2.16. The second-order valence-corrected chi connectivity index (χ2v) is 8.51. The van der Waals surface area contributed by atoms with Gasteiger partial charge in [-0.1, -0.05) is 47.2 Å². The monoisotopic (exact) mass is 436 g/mol. The average Bonchev–Trinajstić information content (AvgIpc) is 3.39. The Hall–Kier alpha value is -3.26. The van der Waals surface area contributed by atoms with E-state index >= 15 is 0 Å². The second-order valence-electron chi connectivity index (χ2n) is 7.50. The molecule has 2 amide bonds. The Bertz CT molecular complexity index is 1040. The molecule has 1 atom stereocenters. The predicted octanol–water partition coefficient (Wildman–Crippen LogP) is 4.16. The Kier molecular flexibility index (Phi) is 6.57. The molecule has 1 saturated heterocycles. The second kappa shape index (κ2) is 9.70. The minimum Gasteiger partial charge on any atom is -0.494 e. The molecule has 1 aliphatic heterocycles. The van der Waals surface area contributed by atoms with Crippen LogP contribution in [-0.2, 0) is 9.59 Å². The molecule has 0 unspecified atom stereocenters. The Labute approximate surface area is 185 Å². The molecule has 2 aromatic carbocycles. The van der Waals surface area contributed by atoms with Gasteiger partial charge < -0.3 is 15.0 Å². The lowest BCUT2D eigenvalue weighted by molar-refractivity contribution is -0.117. The summed E-state index contributed by atoms with van der Waals surface area (Å²) in [5.41, 5.74) is 2.05. The van der Waals surface area contributed by atoms with Gasteiger partial charge in [-0.3, -0.25) is 9.59 Å². The summed E-state index contributed by atoms with van der Waals surface area (Å²) in [7, 11) is 0. The summed E-state index contributed by atoms with van der Waals surface area (Å²) in [5, 5.41) is 12.3. The molecule has 0 saturated carbocycles. The number of carbonyl (C=O) groups excluding carboxylic acids is 2. The maximum atomic E-state index is 12.5. The van der Waals surface area contributed by atoms with Crippen molar-refractivity contribution < 1.29 is 14.3 Å². The zero-order valence-electron chi connectivity index (χ0n) is 17.3. The normalized spacial score (nSPS) is 15.8. The number of carbonyl (C=O) groups is 2. The van der Waals surface area contributed by atoms with E-state index in [1.807, 2.05) is 61.5 Å². The van der Waals surface area contributed by atoms with Crippen molar-refractivity contribution in [3.8, 4) is 5.75 Å². The summed E-state index contributed by atoms with van der Waals surface area (Å²) >= 11 is 1.33. The highest BCUT2D eigenvalue weighted by atomic mass is 32.1. The van der Waals surface area contributed by atoms with Crippen LogP contribution < -0.4 is 15.0 Å². The Balaban J connectivity index is 1.25. The Morgan fingerprint density at radius 1 is 1.16 bits per heavy atom. The van der Waals surface area contributed by atoms with Crippen LogP contribution >= 0.6 is 11.3 Å². The van der Waals surface area contributed by atoms with Crippen LogP contribution in [0.15, 0.2) is 54.6 Å². The molecular weight excluding hydrogens is 412 g/mol. The number of anilines is 2. The summed E-state index contributed by atoms with van der Waals surface area (Å²) in [6, 6.07) is 17.4. The number of rotatable bonds is 8. The minimum absolute atomic E-state index is 0.0174. The smallest absolute Gasteiger partial charge is 0.227 e. The number of benzene rings is 2. The quantitative estimate of drug-likeness (QED) is 0.536. The number of nitrogens with one attached hydrogen (secondary N) is 1. The summed E-state index contributed by atoms with van der Waals surface area (Å²) < 4.78 is 5.60. The molecule has 8 heteroatoms. The topological polar surface area (TPSA) is 84.4 Å². The van der Waals surface area contributed by atoms with Gasteiger partial charge in [0.25, 0.3) is 0 Å². The van der Waals surface area contributed by atoms with E-state index in [0.717, 1.165) is 22.0 Å². The van der Waals surface area contributed by atoms with Gasteiger partial charge in [0, 0.05) is 31.0 Å². The van der Waals surface area contributed by atoms with Crippen LogP contribution in [0.4, 0.5) is 10.8 Å². The van der Waals surface area contributed by atoms with Gasteiger partial charge in [-0.2, -0.15) is 0 Å². The molecule has 0 bridgehead atoms. The average molecular weight is 437 g/mol. The maximum absolute atomic E-state index is 12.5.